The van der Waals surface area contributed by atoms with Crippen molar-refractivity contribution in [3.8, 4) is 5.75 Å². The lowest BCUT2D eigenvalue weighted by molar-refractivity contribution is 0.225. The Balaban J connectivity index is 1.57. The summed E-state index contributed by atoms with van der Waals surface area (Å²) < 4.78 is 5.32. The molecule has 0 spiro atoms. The summed E-state index contributed by atoms with van der Waals surface area (Å²) in [4.78, 5) is 21.9. The molecular formula is C24H26ClN5O2. The summed E-state index contributed by atoms with van der Waals surface area (Å²) in [5.74, 6) is 1.50. The van der Waals surface area contributed by atoms with Gasteiger partial charge in [0, 0.05) is 47.5 Å². The zero-order valence-electron chi connectivity index (χ0n) is 17.8. The van der Waals surface area contributed by atoms with E-state index in [4.69, 9.17) is 16.3 Å². The molecule has 4 rings (SSSR count). The van der Waals surface area contributed by atoms with Crippen LogP contribution in [0.25, 0.3) is 0 Å². The molecule has 3 atom stereocenters. The summed E-state index contributed by atoms with van der Waals surface area (Å²) in [6.45, 7) is 1.56. The Hall–Kier alpha value is -3.16. The minimum atomic E-state index is -0.244. The van der Waals surface area contributed by atoms with Crippen molar-refractivity contribution in [1.82, 2.24) is 20.6 Å². The van der Waals surface area contributed by atoms with E-state index < -0.39 is 0 Å². The van der Waals surface area contributed by atoms with Crippen molar-refractivity contribution >= 4 is 23.3 Å². The minimum Gasteiger partial charge on any atom is -0.497 e. The summed E-state index contributed by atoms with van der Waals surface area (Å²) in [5.41, 5.74) is 1.77. The molecule has 1 aliphatic rings. The Bertz CT molecular complexity index is 1010. The van der Waals surface area contributed by atoms with Crippen molar-refractivity contribution in [2.75, 3.05) is 25.5 Å². The van der Waals surface area contributed by atoms with Gasteiger partial charge >= 0.3 is 6.03 Å². The van der Waals surface area contributed by atoms with Gasteiger partial charge in [0.1, 0.15) is 11.6 Å². The molecular weight excluding hydrogens is 426 g/mol. The molecule has 0 bridgehead atoms. The SMILES string of the molecule is COc1ccc(C(c2ncccn2)C2CNCCC2NC(=O)Nc2ccc(Cl)cc2)cc1. The van der Waals surface area contributed by atoms with E-state index >= 15 is 0 Å². The number of aromatic nitrogens is 2. The highest BCUT2D eigenvalue weighted by Gasteiger charge is 2.36. The number of methoxy groups -OCH3 is 1. The first-order valence-corrected chi connectivity index (χ1v) is 11.0. The molecule has 2 aromatic carbocycles. The standard InChI is InChI=1S/C24H26ClN5O2/c1-32-19-9-3-16(4-10-19)22(23-27-12-2-13-28-23)20-15-26-14-11-21(20)30-24(31)29-18-7-5-17(25)6-8-18/h2-10,12-13,20-22,26H,11,14-15H2,1H3,(H2,29,30,31). The topological polar surface area (TPSA) is 88.2 Å². The van der Waals surface area contributed by atoms with Crippen molar-refractivity contribution < 1.29 is 9.53 Å². The van der Waals surface area contributed by atoms with Crippen LogP contribution in [0.2, 0.25) is 5.02 Å². The van der Waals surface area contributed by atoms with Crippen molar-refractivity contribution in [3.63, 3.8) is 0 Å². The molecule has 8 heteroatoms. The maximum absolute atomic E-state index is 12.8. The highest BCUT2D eigenvalue weighted by Crippen LogP contribution is 2.34. The molecule has 2 heterocycles. The van der Waals surface area contributed by atoms with Gasteiger partial charge in [0.15, 0.2) is 0 Å². The Labute approximate surface area is 192 Å². The highest BCUT2D eigenvalue weighted by molar-refractivity contribution is 6.30. The molecule has 1 fully saturated rings. The number of anilines is 1. The van der Waals surface area contributed by atoms with Crippen LogP contribution in [-0.2, 0) is 0 Å². The summed E-state index contributed by atoms with van der Waals surface area (Å²) in [6, 6.07) is 16.5. The lowest BCUT2D eigenvalue weighted by Gasteiger charge is -2.37. The van der Waals surface area contributed by atoms with Crippen LogP contribution in [0, 0.1) is 5.92 Å². The van der Waals surface area contributed by atoms with Gasteiger partial charge in [0.05, 0.1) is 7.11 Å². The lowest BCUT2D eigenvalue weighted by atomic mass is 9.77. The van der Waals surface area contributed by atoms with Crippen LogP contribution in [0.3, 0.4) is 0 Å². The molecule has 7 nitrogen and oxygen atoms in total. The molecule has 1 saturated heterocycles. The highest BCUT2D eigenvalue weighted by atomic mass is 35.5. The fourth-order valence-electron chi connectivity index (χ4n) is 4.15. The zero-order valence-corrected chi connectivity index (χ0v) is 18.5. The summed E-state index contributed by atoms with van der Waals surface area (Å²) in [5, 5.41) is 10.2. The maximum Gasteiger partial charge on any atom is 0.319 e. The van der Waals surface area contributed by atoms with E-state index in [0.717, 1.165) is 36.6 Å². The maximum atomic E-state index is 12.8. The number of benzene rings is 2. The molecule has 32 heavy (non-hydrogen) atoms. The van der Waals surface area contributed by atoms with E-state index in [1.807, 2.05) is 30.3 Å². The summed E-state index contributed by atoms with van der Waals surface area (Å²) in [6.07, 6.45) is 4.31. The van der Waals surface area contributed by atoms with Crippen LogP contribution in [0.1, 0.15) is 23.7 Å². The van der Waals surface area contributed by atoms with Gasteiger partial charge in [0.2, 0.25) is 0 Å². The number of piperidine rings is 1. The van der Waals surface area contributed by atoms with Crippen LogP contribution in [0.4, 0.5) is 10.5 Å². The predicted octanol–water partition coefficient (Wildman–Crippen LogP) is 4.07. The molecule has 0 radical (unpaired) electrons. The fourth-order valence-corrected chi connectivity index (χ4v) is 4.28. The molecule has 3 N–H and O–H groups in total. The number of carbonyl (C=O) groups excluding carboxylic acids is 1. The largest absolute Gasteiger partial charge is 0.497 e. The number of rotatable bonds is 6. The number of carbonyl (C=O) groups is 1. The van der Waals surface area contributed by atoms with E-state index in [1.165, 1.54) is 0 Å². The summed E-state index contributed by atoms with van der Waals surface area (Å²) >= 11 is 5.94. The van der Waals surface area contributed by atoms with Crippen molar-refractivity contribution in [3.05, 3.63) is 83.4 Å². The average Bonchev–Trinajstić information content (AvgIpc) is 2.83. The number of urea groups is 1. The first-order valence-electron chi connectivity index (χ1n) is 10.6. The van der Waals surface area contributed by atoms with Crippen LogP contribution in [-0.4, -0.2) is 42.2 Å². The molecule has 3 aromatic rings. The molecule has 0 saturated carbocycles. The van der Waals surface area contributed by atoms with E-state index in [2.05, 4.69) is 25.9 Å². The van der Waals surface area contributed by atoms with Crippen LogP contribution < -0.4 is 20.7 Å². The Morgan fingerprint density at radius 2 is 1.84 bits per heavy atom. The third-order valence-corrected chi connectivity index (χ3v) is 5.97. The lowest BCUT2D eigenvalue weighted by Crippen LogP contribution is -2.52. The van der Waals surface area contributed by atoms with Gasteiger partial charge < -0.3 is 20.7 Å². The second-order valence-corrected chi connectivity index (χ2v) is 8.16. The summed E-state index contributed by atoms with van der Waals surface area (Å²) in [7, 11) is 1.65. The number of halogens is 1. The third kappa shape index (κ3) is 5.36. The fraction of sp³-hybridized carbons (Fsp3) is 0.292. The van der Waals surface area contributed by atoms with E-state index in [9.17, 15) is 4.79 Å². The van der Waals surface area contributed by atoms with Gasteiger partial charge in [-0.1, -0.05) is 23.7 Å². The van der Waals surface area contributed by atoms with E-state index in [0.29, 0.717) is 10.7 Å². The van der Waals surface area contributed by atoms with Gasteiger partial charge in [-0.15, -0.1) is 0 Å². The zero-order chi connectivity index (χ0) is 22.3. The Morgan fingerprint density at radius 1 is 1.12 bits per heavy atom. The smallest absolute Gasteiger partial charge is 0.319 e. The molecule has 1 aliphatic heterocycles. The average molecular weight is 452 g/mol. The predicted molar refractivity (Wildman–Crippen MR) is 125 cm³/mol. The van der Waals surface area contributed by atoms with Gasteiger partial charge in [-0.2, -0.15) is 0 Å². The normalized spacial score (nSPS) is 19.1. The first kappa shape index (κ1) is 22.0. The molecule has 0 aliphatic carbocycles. The number of ether oxygens (including phenoxy) is 1. The van der Waals surface area contributed by atoms with Gasteiger partial charge in [-0.05, 0) is 61.0 Å². The van der Waals surface area contributed by atoms with Crippen LogP contribution in [0.15, 0.2) is 67.0 Å². The monoisotopic (exact) mass is 451 g/mol. The van der Waals surface area contributed by atoms with Crippen molar-refractivity contribution in [2.24, 2.45) is 5.92 Å². The third-order valence-electron chi connectivity index (χ3n) is 5.71. The van der Waals surface area contributed by atoms with Gasteiger partial charge in [0.25, 0.3) is 0 Å². The first-order chi connectivity index (χ1) is 15.6. The van der Waals surface area contributed by atoms with Crippen LogP contribution in [0.5, 0.6) is 5.75 Å². The second-order valence-electron chi connectivity index (χ2n) is 7.73. The number of nitrogens with zero attached hydrogens (tertiary/aromatic N) is 2. The molecule has 166 valence electrons. The second kappa shape index (κ2) is 10.4. The van der Waals surface area contributed by atoms with Crippen molar-refractivity contribution in [1.29, 1.82) is 0 Å². The van der Waals surface area contributed by atoms with E-state index in [-0.39, 0.29) is 23.9 Å². The molecule has 3 unspecified atom stereocenters. The number of amides is 2. The number of nitrogens with one attached hydrogen (secondary N) is 3. The Kier molecular flexibility index (Phi) is 7.19. The molecule has 1 aromatic heterocycles. The van der Waals surface area contributed by atoms with Crippen molar-refractivity contribution in [2.45, 2.75) is 18.4 Å². The molecule has 2 amide bonds. The van der Waals surface area contributed by atoms with E-state index in [1.54, 1.807) is 43.8 Å². The number of hydrogen-bond acceptors (Lipinski definition) is 5. The van der Waals surface area contributed by atoms with Crippen LogP contribution >= 0.6 is 11.6 Å². The van der Waals surface area contributed by atoms with Gasteiger partial charge in [-0.25, -0.2) is 14.8 Å². The minimum absolute atomic E-state index is 0.0561. The van der Waals surface area contributed by atoms with Gasteiger partial charge in [-0.3, -0.25) is 0 Å². The number of hydrogen-bond donors (Lipinski definition) is 3. The Morgan fingerprint density at radius 3 is 2.53 bits per heavy atom. The quantitative estimate of drug-likeness (QED) is 0.525.